The van der Waals surface area contributed by atoms with Gasteiger partial charge in [-0.15, -0.1) is 0 Å². The maximum absolute atomic E-state index is 12.2. The highest BCUT2D eigenvalue weighted by atomic mass is 32.2. The minimum absolute atomic E-state index is 0.00726. The molecule has 2 amide bonds. The molecule has 1 N–H and O–H groups in total. The minimum Gasteiger partial charge on any atom is -0.481 e. The molecule has 2 rings (SSSR count). The van der Waals surface area contributed by atoms with Gasteiger partial charge in [0.1, 0.15) is 0 Å². The van der Waals surface area contributed by atoms with Crippen molar-refractivity contribution >= 4 is 21.8 Å². The molecule has 1 atom stereocenters. The summed E-state index contributed by atoms with van der Waals surface area (Å²) in [5.74, 6) is -1.16. The Balaban J connectivity index is 1.86. The van der Waals surface area contributed by atoms with Crippen molar-refractivity contribution < 1.29 is 23.1 Å². The Labute approximate surface area is 118 Å². The van der Waals surface area contributed by atoms with E-state index in [9.17, 15) is 18.0 Å². The number of aliphatic carboxylic acids is 1. The highest BCUT2D eigenvalue weighted by Gasteiger charge is 2.39. The Morgan fingerprint density at radius 1 is 1.15 bits per heavy atom. The topological polar surface area (TPSA) is 95.0 Å². The number of nitrogens with zero attached hydrogens (tertiary/aromatic N) is 2. The van der Waals surface area contributed by atoms with Crippen LogP contribution in [-0.2, 0) is 14.6 Å². The lowest BCUT2D eigenvalue weighted by Gasteiger charge is -2.43. The molecule has 0 radical (unpaired) electrons. The van der Waals surface area contributed by atoms with Crippen LogP contribution in [0.5, 0.6) is 0 Å². The number of carboxylic acid groups (broad SMARTS) is 1. The van der Waals surface area contributed by atoms with Crippen LogP contribution in [0.25, 0.3) is 0 Å². The van der Waals surface area contributed by atoms with Gasteiger partial charge in [-0.05, 0) is 6.42 Å². The van der Waals surface area contributed by atoms with Crippen LogP contribution in [0, 0.1) is 11.8 Å². The van der Waals surface area contributed by atoms with Gasteiger partial charge < -0.3 is 14.9 Å². The molecule has 114 valence electrons. The Bertz CT molecular complexity index is 498. The first-order valence-electron chi connectivity index (χ1n) is 6.77. The van der Waals surface area contributed by atoms with Crippen molar-refractivity contribution in [1.82, 2.24) is 9.80 Å². The van der Waals surface area contributed by atoms with Gasteiger partial charge in [-0.1, -0.05) is 6.92 Å². The van der Waals surface area contributed by atoms with E-state index in [4.69, 9.17) is 5.11 Å². The molecule has 0 aromatic rings. The molecule has 0 bridgehead atoms. The zero-order chi connectivity index (χ0) is 14.9. The summed E-state index contributed by atoms with van der Waals surface area (Å²) in [4.78, 5) is 26.2. The van der Waals surface area contributed by atoms with Crippen LogP contribution in [-0.4, -0.2) is 73.0 Å². The Hall–Kier alpha value is -1.31. The van der Waals surface area contributed by atoms with Gasteiger partial charge in [0.05, 0.1) is 17.4 Å². The van der Waals surface area contributed by atoms with E-state index in [1.54, 1.807) is 16.7 Å². The largest absolute Gasteiger partial charge is 0.481 e. The predicted octanol–water partition coefficient (Wildman–Crippen LogP) is -0.121. The molecule has 0 aromatic carbocycles. The summed E-state index contributed by atoms with van der Waals surface area (Å²) in [6.07, 6.45) is 0.469. The van der Waals surface area contributed by atoms with Crippen molar-refractivity contribution in [2.75, 3.05) is 37.7 Å². The van der Waals surface area contributed by atoms with Gasteiger partial charge in [0, 0.05) is 32.1 Å². The number of likely N-dealkylation sites (tertiary alicyclic amines) is 1. The van der Waals surface area contributed by atoms with Crippen molar-refractivity contribution in [2.24, 2.45) is 11.8 Å². The van der Waals surface area contributed by atoms with Gasteiger partial charge in [0.25, 0.3) is 0 Å². The predicted molar refractivity (Wildman–Crippen MR) is 72.1 cm³/mol. The van der Waals surface area contributed by atoms with Gasteiger partial charge in [0.2, 0.25) is 0 Å². The van der Waals surface area contributed by atoms with E-state index in [-0.39, 0.29) is 30.0 Å². The summed E-state index contributed by atoms with van der Waals surface area (Å²) in [6.45, 7) is 3.21. The first-order chi connectivity index (χ1) is 9.30. The van der Waals surface area contributed by atoms with Crippen molar-refractivity contribution in [1.29, 1.82) is 0 Å². The van der Waals surface area contributed by atoms with Gasteiger partial charge in [0.15, 0.2) is 9.84 Å². The van der Waals surface area contributed by atoms with E-state index in [0.29, 0.717) is 26.1 Å². The monoisotopic (exact) mass is 304 g/mol. The second-order valence-electron chi connectivity index (χ2n) is 5.57. The highest BCUT2D eigenvalue weighted by Crippen LogP contribution is 2.25. The third-order valence-electron chi connectivity index (χ3n) is 4.10. The Kier molecular flexibility index (Phi) is 4.22. The van der Waals surface area contributed by atoms with Crippen LogP contribution in [0.2, 0.25) is 0 Å². The zero-order valence-electron chi connectivity index (χ0n) is 11.5. The Morgan fingerprint density at radius 2 is 1.80 bits per heavy atom. The second kappa shape index (κ2) is 5.59. The number of amides is 2. The molecule has 2 heterocycles. The average molecular weight is 304 g/mol. The molecule has 2 fully saturated rings. The molecule has 0 saturated carbocycles. The fourth-order valence-corrected chi connectivity index (χ4v) is 3.79. The highest BCUT2D eigenvalue weighted by molar-refractivity contribution is 7.91. The van der Waals surface area contributed by atoms with Crippen molar-refractivity contribution in [3.8, 4) is 0 Å². The number of rotatable bonds is 2. The number of carbonyl (C=O) groups excluding carboxylic acids is 1. The fourth-order valence-electron chi connectivity index (χ4n) is 2.52. The number of sulfone groups is 1. The van der Waals surface area contributed by atoms with E-state index in [1.807, 2.05) is 0 Å². The number of carboxylic acids is 1. The van der Waals surface area contributed by atoms with Crippen LogP contribution < -0.4 is 0 Å². The molecule has 2 aliphatic rings. The van der Waals surface area contributed by atoms with Crippen LogP contribution in [0.3, 0.4) is 0 Å². The lowest BCUT2D eigenvalue weighted by atomic mass is 9.87. The number of carbonyl (C=O) groups is 2. The van der Waals surface area contributed by atoms with Gasteiger partial charge in [-0.2, -0.15) is 0 Å². The maximum atomic E-state index is 12.2. The molecular formula is C12H20N2O5S. The summed E-state index contributed by atoms with van der Waals surface area (Å²) < 4.78 is 23.0. The lowest BCUT2D eigenvalue weighted by molar-refractivity contribution is -0.144. The normalized spacial score (nSPS) is 24.6. The van der Waals surface area contributed by atoms with Crippen molar-refractivity contribution in [3.63, 3.8) is 0 Å². The summed E-state index contributed by atoms with van der Waals surface area (Å²) in [5.41, 5.74) is 0. The standard InChI is InChI=1S/C12H20N2O5S/c1-9(11(15)16)10-7-14(8-10)12(17)13-3-2-5-20(18,19)6-4-13/h9-10H,2-8H2,1H3,(H,15,16). The van der Waals surface area contributed by atoms with Crippen LogP contribution in [0.15, 0.2) is 0 Å². The summed E-state index contributed by atoms with van der Waals surface area (Å²) in [7, 11) is -3.03. The number of urea groups is 1. The smallest absolute Gasteiger partial charge is 0.320 e. The fraction of sp³-hybridized carbons (Fsp3) is 0.833. The van der Waals surface area contributed by atoms with Crippen LogP contribution in [0.4, 0.5) is 4.79 Å². The average Bonchev–Trinajstić information content (AvgIpc) is 2.47. The first-order valence-corrected chi connectivity index (χ1v) is 8.59. The molecule has 8 heteroatoms. The lowest BCUT2D eigenvalue weighted by Crippen LogP contribution is -2.57. The van der Waals surface area contributed by atoms with Crippen molar-refractivity contribution in [3.05, 3.63) is 0 Å². The molecule has 2 saturated heterocycles. The van der Waals surface area contributed by atoms with Gasteiger partial charge in [-0.25, -0.2) is 13.2 Å². The quantitative estimate of drug-likeness (QED) is 0.767. The minimum atomic E-state index is -3.03. The maximum Gasteiger partial charge on any atom is 0.320 e. The second-order valence-corrected chi connectivity index (χ2v) is 7.87. The molecule has 20 heavy (non-hydrogen) atoms. The first kappa shape index (κ1) is 15.1. The van der Waals surface area contributed by atoms with E-state index >= 15 is 0 Å². The van der Waals surface area contributed by atoms with Crippen molar-refractivity contribution in [2.45, 2.75) is 13.3 Å². The molecule has 1 unspecified atom stereocenters. The Morgan fingerprint density at radius 3 is 2.40 bits per heavy atom. The van der Waals surface area contributed by atoms with Crippen LogP contribution >= 0.6 is 0 Å². The summed E-state index contributed by atoms with van der Waals surface area (Å²) >= 11 is 0. The molecular weight excluding hydrogens is 284 g/mol. The third kappa shape index (κ3) is 3.23. The SMILES string of the molecule is CC(C(=O)O)C1CN(C(=O)N2CCCS(=O)(=O)CC2)C1. The van der Waals surface area contributed by atoms with E-state index in [1.165, 1.54) is 0 Å². The van der Waals surface area contributed by atoms with E-state index in [0.717, 1.165) is 0 Å². The number of hydrogen-bond donors (Lipinski definition) is 1. The molecule has 0 aliphatic carbocycles. The summed E-state index contributed by atoms with van der Waals surface area (Å²) in [5, 5.41) is 8.91. The van der Waals surface area contributed by atoms with E-state index < -0.39 is 21.7 Å². The van der Waals surface area contributed by atoms with Gasteiger partial charge >= 0.3 is 12.0 Å². The van der Waals surface area contributed by atoms with Crippen LogP contribution in [0.1, 0.15) is 13.3 Å². The zero-order valence-corrected chi connectivity index (χ0v) is 12.3. The number of hydrogen-bond acceptors (Lipinski definition) is 4. The summed E-state index contributed by atoms with van der Waals surface area (Å²) in [6, 6.07) is -0.170. The molecule has 0 spiro atoms. The van der Waals surface area contributed by atoms with Gasteiger partial charge in [-0.3, -0.25) is 4.79 Å². The van der Waals surface area contributed by atoms with E-state index in [2.05, 4.69) is 0 Å². The molecule has 0 aromatic heterocycles. The third-order valence-corrected chi connectivity index (χ3v) is 5.82. The molecule has 7 nitrogen and oxygen atoms in total. The molecule has 2 aliphatic heterocycles.